The fraction of sp³-hybridized carbons (Fsp3) is 0.346. The van der Waals surface area contributed by atoms with E-state index in [1.54, 1.807) is 12.5 Å². The molecule has 9 nitrogen and oxygen atoms in total. The Balaban J connectivity index is 1.33. The van der Waals surface area contributed by atoms with Crippen LogP contribution in [0.3, 0.4) is 0 Å². The second-order valence-corrected chi connectivity index (χ2v) is 10.4. The predicted octanol–water partition coefficient (Wildman–Crippen LogP) is 4.97. The molecule has 0 atom stereocenters. The highest BCUT2D eigenvalue weighted by atomic mass is 32.1. The van der Waals surface area contributed by atoms with Gasteiger partial charge in [0.15, 0.2) is 10.9 Å². The van der Waals surface area contributed by atoms with E-state index < -0.39 is 0 Å². The molecular weight excluding hydrogens is 472 g/mol. The molecule has 1 amide bonds. The predicted molar refractivity (Wildman–Crippen MR) is 141 cm³/mol. The molecule has 0 saturated heterocycles. The van der Waals surface area contributed by atoms with Gasteiger partial charge in [-0.2, -0.15) is 0 Å². The highest BCUT2D eigenvalue weighted by molar-refractivity contribution is 7.14. The van der Waals surface area contributed by atoms with Crippen molar-refractivity contribution < 1.29 is 4.79 Å². The van der Waals surface area contributed by atoms with Crippen molar-refractivity contribution in [3.05, 3.63) is 47.9 Å². The van der Waals surface area contributed by atoms with E-state index in [0.717, 1.165) is 59.1 Å². The van der Waals surface area contributed by atoms with Crippen molar-refractivity contribution in [2.75, 3.05) is 5.32 Å². The van der Waals surface area contributed by atoms with Gasteiger partial charge < -0.3 is 19.4 Å². The molecule has 0 aromatic carbocycles. The van der Waals surface area contributed by atoms with Crippen molar-refractivity contribution in [3.63, 3.8) is 0 Å². The Labute approximate surface area is 211 Å². The number of aryl methyl sites for hydroxylation is 2. The van der Waals surface area contributed by atoms with Crippen molar-refractivity contribution in [2.45, 2.75) is 51.2 Å². The number of thiazole rings is 1. The number of anilines is 2. The van der Waals surface area contributed by atoms with E-state index >= 15 is 0 Å². The second-order valence-electron chi connectivity index (χ2n) is 9.58. The highest BCUT2D eigenvalue weighted by Gasteiger charge is 2.43. The van der Waals surface area contributed by atoms with E-state index in [-0.39, 0.29) is 5.91 Å². The SMILES string of the molecule is CCn1c(C(=O)N(C2CC2)C2CC2)cc2c3c(ncn3C)c(Nc3nc(-c4ccccn4)cs3)nc21. The van der Waals surface area contributed by atoms with Gasteiger partial charge in [0.2, 0.25) is 0 Å². The van der Waals surface area contributed by atoms with Gasteiger partial charge in [-0.05, 0) is 50.8 Å². The molecule has 10 heteroatoms. The first kappa shape index (κ1) is 21.5. The molecule has 2 aliphatic carbocycles. The summed E-state index contributed by atoms with van der Waals surface area (Å²) in [4.78, 5) is 34.7. The molecule has 0 aliphatic heterocycles. The number of imidazole rings is 1. The summed E-state index contributed by atoms with van der Waals surface area (Å²) >= 11 is 1.50. The quantitative estimate of drug-likeness (QED) is 0.340. The van der Waals surface area contributed by atoms with E-state index in [1.807, 2.05) is 45.8 Å². The number of carbonyl (C=O) groups excluding carboxylic acids is 1. The zero-order chi connectivity index (χ0) is 24.4. The van der Waals surface area contributed by atoms with Crippen LogP contribution in [0.2, 0.25) is 0 Å². The lowest BCUT2D eigenvalue weighted by Crippen LogP contribution is -2.36. The summed E-state index contributed by atoms with van der Waals surface area (Å²) in [6, 6.07) is 8.60. The summed E-state index contributed by atoms with van der Waals surface area (Å²) in [5.74, 6) is 0.762. The zero-order valence-corrected chi connectivity index (χ0v) is 21.0. The van der Waals surface area contributed by atoms with E-state index in [1.165, 1.54) is 11.3 Å². The average molecular weight is 499 g/mol. The van der Waals surface area contributed by atoms with Crippen molar-refractivity contribution >= 4 is 50.3 Å². The molecule has 182 valence electrons. The number of rotatable bonds is 7. The van der Waals surface area contributed by atoms with Crippen molar-refractivity contribution in [3.8, 4) is 11.4 Å². The molecule has 0 bridgehead atoms. The Hall–Kier alpha value is -3.79. The Morgan fingerprint density at radius 2 is 1.94 bits per heavy atom. The van der Waals surface area contributed by atoms with Gasteiger partial charge in [0.25, 0.3) is 5.91 Å². The van der Waals surface area contributed by atoms with Crippen LogP contribution in [0.4, 0.5) is 10.9 Å². The van der Waals surface area contributed by atoms with Gasteiger partial charge in [-0.1, -0.05) is 6.07 Å². The third kappa shape index (κ3) is 3.47. The van der Waals surface area contributed by atoms with Crippen LogP contribution in [-0.4, -0.2) is 52.0 Å². The third-order valence-corrected chi connectivity index (χ3v) is 7.77. The zero-order valence-electron chi connectivity index (χ0n) is 20.2. The average Bonchev–Trinajstić information content (AvgIpc) is 3.79. The highest BCUT2D eigenvalue weighted by Crippen LogP contribution is 2.40. The Morgan fingerprint density at radius 1 is 1.14 bits per heavy atom. The standard InChI is InChI=1S/C26H26N8OS/c1-3-33-20(25(35)34(15-7-8-15)16-9-10-16)12-17-22-21(28-14-32(22)2)23(30-24(17)33)31-26-29-19(13-36-26)18-6-4-5-11-27-18/h4-6,11-16H,3,7-10H2,1-2H3,(H,29,30,31). The van der Waals surface area contributed by atoms with Crippen LogP contribution in [0.15, 0.2) is 42.2 Å². The van der Waals surface area contributed by atoms with E-state index in [0.29, 0.717) is 35.3 Å². The molecular formula is C26H26N8OS. The van der Waals surface area contributed by atoms with Crippen LogP contribution in [0.5, 0.6) is 0 Å². The van der Waals surface area contributed by atoms with E-state index in [2.05, 4.69) is 27.1 Å². The number of pyridine rings is 2. The van der Waals surface area contributed by atoms with Gasteiger partial charge in [-0.15, -0.1) is 11.3 Å². The maximum absolute atomic E-state index is 13.8. The fourth-order valence-electron chi connectivity index (χ4n) is 5.03. The first-order chi connectivity index (χ1) is 17.6. The summed E-state index contributed by atoms with van der Waals surface area (Å²) in [6.45, 7) is 2.72. The van der Waals surface area contributed by atoms with Crippen LogP contribution < -0.4 is 5.32 Å². The minimum Gasteiger partial charge on any atom is -0.333 e. The lowest BCUT2D eigenvalue weighted by Gasteiger charge is -2.22. The van der Waals surface area contributed by atoms with Gasteiger partial charge >= 0.3 is 0 Å². The monoisotopic (exact) mass is 498 g/mol. The second kappa shape index (κ2) is 8.12. The molecule has 2 aliphatic rings. The number of carbonyl (C=O) groups is 1. The number of fused-ring (bicyclic) bond motifs is 3. The Bertz CT molecular complexity index is 1600. The normalized spacial score (nSPS) is 15.6. The van der Waals surface area contributed by atoms with Crippen molar-refractivity contribution in [2.24, 2.45) is 7.05 Å². The topological polar surface area (TPSA) is 93.8 Å². The number of aromatic nitrogens is 6. The lowest BCUT2D eigenvalue weighted by molar-refractivity contribution is 0.0719. The molecule has 0 spiro atoms. The van der Waals surface area contributed by atoms with Gasteiger partial charge in [0.05, 0.1) is 17.5 Å². The van der Waals surface area contributed by atoms with E-state index in [9.17, 15) is 4.79 Å². The largest absolute Gasteiger partial charge is 0.333 e. The number of hydrogen-bond donors (Lipinski definition) is 1. The molecule has 5 aromatic heterocycles. The van der Waals surface area contributed by atoms with Gasteiger partial charge in [-0.3, -0.25) is 9.78 Å². The maximum atomic E-state index is 13.8. The smallest absolute Gasteiger partial charge is 0.271 e. The molecule has 5 heterocycles. The minimum atomic E-state index is 0.129. The van der Waals surface area contributed by atoms with Crippen LogP contribution in [0, 0.1) is 0 Å². The van der Waals surface area contributed by atoms with Crippen LogP contribution in [0.1, 0.15) is 43.1 Å². The molecule has 2 saturated carbocycles. The summed E-state index contributed by atoms with van der Waals surface area (Å²) in [6.07, 6.45) is 8.01. The van der Waals surface area contributed by atoms with Crippen molar-refractivity contribution in [1.29, 1.82) is 0 Å². The summed E-state index contributed by atoms with van der Waals surface area (Å²) in [5.41, 5.74) is 4.85. The minimum absolute atomic E-state index is 0.129. The molecule has 1 N–H and O–H groups in total. The summed E-state index contributed by atoms with van der Waals surface area (Å²) in [7, 11) is 1.98. The number of nitrogens with zero attached hydrogens (tertiary/aromatic N) is 7. The van der Waals surface area contributed by atoms with Gasteiger partial charge in [-0.25, -0.2) is 15.0 Å². The molecule has 0 radical (unpaired) electrons. The Kier molecular flexibility index (Phi) is 4.85. The molecule has 7 rings (SSSR count). The number of nitrogens with one attached hydrogen (secondary N) is 1. The molecule has 5 aromatic rings. The lowest BCUT2D eigenvalue weighted by atomic mass is 10.2. The van der Waals surface area contributed by atoms with Crippen LogP contribution in [0.25, 0.3) is 33.5 Å². The first-order valence-electron chi connectivity index (χ1n) is 12.4. The molecule has 0 unspecified atom stereocenters. The molecule has 36 heavy (non-hydrogen) atoms. The Morgan fingerprint density at radius 3 is 2.64 bits per heavy atom. The van der Waals surface area contributed by atoms with Crippen LogP contribution >= 0.6 is 11.3 Å². The number of amides is 1. The summed E-state index contributed by atoms with van der Waals surface area (Å²) in [5, 5.41) is 7.04. The van der Waals surface area contributed by atoms with E-state index in [4.69, 9.17) is 9.97 Å². The maximum Gasteiger partial charge on any atom is 0.271 e. The van der Waals surface area contributed by atoms with Gasteiger partial charge in [0.1, 0.15) is 22.6 Å². The number of hydrogen-bond acceptors (Lipinski definition) is 7. The van der Waals surface area contributed by atoms with Crippen LogP contribution in [-0.2, 0) is 13.6 Å². The fourth-order valence-corrected chi connectivity index (χ4v) is 5.73. The third-order valence-electron chi connectivity index (χ3n) is 7.01. The molecule has 2 fully saturated rings. The van der Waals surface area contributed by atoms with Gasteiger partial charge in [0, 0.05) is 42.6 Å². The first-order valence-corrected chi connectivity index (χ1v) is 13.3. The van der Waals surface area contributed by atoms with Crippen molar-refractivity contribution in [1.82, 2.24) is 34.0 Å². The summed E-state index contributed by atoms with van der Waals surface area (Å²) < 4.78 is 4.05.